The molecule has 1 aliphatic heterocycles. The van der Waals surface area contributed by atoms with E-state index in [2.05, 4.69) is 38.9 Å². The number of rotatable bonds is 1. The molecule has 2 atom stereocenters. The molecule has 0 amide bonds. The Kier molecular flexibility index (Phi) is 2.44. The topological polar surface area (TPSA) is 66.9 Å². The van der Waals surface area contributed by atoms with Gasteiger partial charge in [-0.2, -0.15) is 5.10 Å². The van der Waals surface area contributed by atoms with Gasteiger partial charge in [0.1, 0.15) is 12.1 Å². The minimum absolute atomic E-state index is 0.218. The predicted molar refractivity (Wildman–Crippen MR) is 63.9 cm³/mol. The van der Waals surface area contributed by atoms with Crippen LogP contribution in [-0.4, -0.2) is 45.5 Å². The number of fused-ring (bicyclic) bond motifs is 1. The quantitative estimate of drug-likeness (QED) is 0.794. The molecule has 6 heteroatoms. The van der Waals surface area contributed by atoms with Gasteiger partial charge in [-0.3, -0.25) is 5.10 Å². The molecule has 0 aromatic carbocycles. The summed E-state index contributed by atoms with van der Waals surface area (Å²) in [6, 6.07) is 0. The zero-order valence-electron chi connectivity index (χ0n) is 9.92. The van der Waals surface area contributed by atoms with E-state index < -0.39 is 0 Å². The lowest BCUT2D eigenvalue weighted by Crippen LogP contribution is -2.45. The highest BCUT2D eigenvalue weighted by Crippen LogP contribution is 2.24. The molecule has 1 aliphatic rings. The zero-order chi connectivity index (χ0) is 11.8. The van der Waals surface area contributed by atoms with Gasteiger partial charge in [0.05, 0.1) is 23.8 Å². The summed E-state index contributed by atoms with van der Waals surface area (Å²) in [7, 11) is 0. The molecule has 90 valence electrons. The van der Waals surface area contributed by atoms with Gasteiger partial charge in [-0.1, -0.05) is 0 Å². The minimum atomic E-state index is 0.218. The van der Waals surface area contributed by atoms with Crippen LogP contribution in [0.25, 0.3) is 11.0 Å². The first kappa shape index (κ1) is 10.5. The van der Waals surface area contributed by atoms with Crippen molar-refractivity contribution < 1.29 is 4.74 Å². The van der Waals surface area contributed by atoms with Crippen LogP contribution in [0.3, 0.4) is 0 Å². The Morgan fingerprint density at radius 3 is 2.82 bits per heavy atom. The van der Waals surface area contributed by atoms with Gasteiger partial charge >= 0.3 is 0 Å². The number of morpholine rings is 1. The van der Waals surface area contributed by atoms with Gasteiger partial charge in [0, 0.05) is 13.1 Å². The number of hydrogen-bond donors (Lipinski definition) is 1. The van der Waals surface area contributed by atoms with Crippen LogP contribution in [0.5, 0.6) is 0 Å². The van der Waals surface area contributed by atoms with E-state index in [4.69, 9.17) is 4.74 Å². The zero-order valence-corrected chi connectivity index (χ0v) is 9.92. The van der Waals surface area contributed by atoms with Crippen LogP contribution in [-0.2, 0) is 4.74 Å². The maximum atomic E-state index is 5.72. The first-order valence-electron chi connectivity index (χ1n) is 5.78. The minimum Gasteiger partial charge on any atom is -0.372 e. The molecule has 3 heterocycles. The van der Waals surface area contributed by atoms with Gasteiger partial charge in [0.2, 0.25) is 0 Å². The van der Waals surface area contributed by atoms with Crippen molar-refractivity contribution in [1.29, 1.82) is 0 Å². The van der Waals surface area contributed by atoms with Gasteiger partial charge in [-0.25, -0.2) is 9.97 Å². The number of ether oxygens (including phenoxy) is 1. The molecule has 0 unspecified atom stereocenters. The van der Waals surface area contributed by atoms with E-state index in [0.717, 1.165) is 29.9 Å². The number of H-pyrrole nitrogens is 1. The molecular formula is C11H15N5O. The maximum Gasteiger partial charge on any atom is 0.160 e. The average Bonchev–Trinajstić information content (AvgIpc) is 2.75. The first-order valence-corrected chi connectivity index (χ1v) is 5.78. The van der Waals surface area contributed by atoms with Crippen LogP contribution >= 0.6 is 0 Å². The van der Waals surface area contributed by atoms with E-state index >= 15 is 0 Å². The van der Waals surface area contributed by atoms with Gasteiger partial charge in [0.15, 0.2) is 5.65 Å². The lowest BCUT2D eigenvalue weighted by Gasteiger charge is -2.36. The van der Waals surface area contributed by atoms with Crippen LogP contribution < -0.4 is 4.90 Å². The normalized spacial score (nSPS) is 25.4. The van der Waals surface area contributed by atoms with Crippen molar-refractivity contribution in [2.24, 2.45) is 0 Å². The van der Waals surface area contributed by atoms with Crippen LogP contribution in [0.1, 0.15) is 13.8 Å². The van der Waals surface area contributed by atoms with Gasteiger partial charge in [-0.05, 0) is 13.8 Å². The second kappa shape index (κ2) is 3.96. The number of anilines is 1. The highest BCUT2D eigenvalue weighted by atomic mass is 16.5. The summed E-state index contributed by atoms with van der Waals surface area (Å²) in [5, 5.41) is 7.84. The second-order valence-corrected chi connectivity index (χ2v) is 4.49. The van der Waals surface area contributed by atoms with Crippen molar-refractivity contribution in [3.63, 3.8) is 0 Å². The monoisotopic (exact) mass is 233 g/mol. The lowest BCUT2D eigenvalue weighted by atomic mass is 10.2. The Morgan fingerprint density at radius 2 is 2.06 bits per heavy atom. The highest BCUT2D eigenvalue weighted by molar-refractivity contribution is 5.86. The summed E-state index contributed by atoms with van der Waals surface area (Å²) in [5.74, 6) is 0.936. The van der Waals surface area contributed by atoms with Crippen LogP contribution in [0, 0.1) is 0 Å². The van der Waals surface area contributed by atoms with E-state index in [1.165, 1.54) is 0 Å². The van der Waals surface area contributed by atoms with E-state index in [9.17, 15) is 0 Å². The van der Waals surface area contributed by atoms with Crippen molar-refractivity contribution in [2.75, 3.05) is 18.0 Å². The van der Waals surface area contributed by atoms with Crippen LogP contribution in [0.2, 0.25) is 0 Å². The summed E-state index contributed by atoms with van der Waals surface area (Å²) >= 11 is 0. The molecule has 2 aromatic rings. The molecule has 2 aromatic heterocycles. The Bertz CT molecular complexity index is 515. The summed E-state index contributed by atoms with van der Waals surface area (Å²) in [4.78, 5) is 10.8. The Hall–Kier alpha value is -1.69. The smallest absolute Gasteiger partial charge is 0.160 e. The van der Waals surface area contributed by atoms with Gasteiger partial charge < -0.3 is 9.64 Å². The molecule has 0 saturated carbocycles. The third kappa shape index (κ3) is 1.84. The van der Waals surface area contributed by atoms with Crippen molar-refractivity contribution in [3.8, 4) is 0 Å². The summed E-state index contributed by atoms with van der Waals surface area (Å²) in [6.45, 7) is 5.86. The Labute approximate surface area is 99.0 Å². The summed E-state index contributed by atoms with van der Waals surface area (Å²) in [5.41, 5.74) is 0.779. The predicted octanol–water partition coefficient (Wildman–Crippen LogP) is 0.966. The van der Waals surface area contributed by atoms with Gasteiger partial charge in [-0.15, -0.1) is 0 Å². The number of nitrogens with one attached hydrogen (secondary N) is 1. The third-order valence-electron chi connectivity index (χ3n) is 2.95. The lowest BCUT2D eigenvalue weighted by molar-refractivity contribution is -0.00537. The highest BCUT2D eigenvalue weighted by Gasteiger charge is 2.24. The molecule has 0 spiro atoms. The standard InChI is InChI=1S/C11H15N5O/c1-7-4-16(5-8(2)17-7)11-9-3-14-15-10(9)12-6-13-11/h3,6-8H,4-5H2,1-2H3,(H,12,13,14,15)/t7-,8-/m1/s1. The fourth-order valence-corrected chi connectivity index (χ4v) is 2.36. The average molecular weight is 233 g/mol. The molecule has 6 nitrogen and oxygen atoms in total. The first-order chi connectivity index (χ1) is 8.24. The van der Waals surface area contributed by atoms with E-state index in [1.807, 2.05) is 0 Å². The third-order valence-corrected chi connectivity index (χ3v) is 2.95. The molecule has 3 rings (SSSR count). The number of nitrogens with zero attached hydrogens (tertiary/aromatic N) is 4. The van der Waals surface area contributed by atoms with Crippen molar-refractivity contribution in [3.05, 3.63) is 12.5 Å². The Morgan fingerprint density at radius 1 is 1.29 bits per heavy atom. The number of aromatic amines is 1. The summed E-state index contributed by atoms with van der Waals surface area (Å²) in [6.07, 6.45) is 3.78. The fraction of sp³-hybridized carbons (Fsp3) is 0.545. The molecule has 17 heavy (non-hydrogen) atoms. The van der Waals surface area contributed by atoms with Crippen molar-refractivity contribution >= 4 is 16.9 Å². The molecule has 0 aliphatic carbocycles. The van der Waals surface area contributed by atoms with Crippen LogP contribution in [0.4, 0.5) is 5.82 Å². The Balaban J connectivity index is 2.00. The maximum absolute atomic E-state index is 5.72. The number of hydrogen-bond acceptors (Lipinski definition) is 5. The molecule has 1 N–H and O–H groups in total. The van der Waals surface area contributed by atoms with E-state index in [1.54, 1.807) is 12.5 Å². The fourth-order valence-electron chi connectivity index (χ4n) is 2.36. The molecule has 1 saturated heterocycles. The summed E-state index contributed by atoms with van der Waals surface area (Å²) < 4.78 is 5.72. The molecule has 0 radical (unpaired) electrons. The van der Waals surface area contributed by atoms with E-state index in [0.29, 0.717) is 0 Å². The second-order valence-electron chi connectivity index (χ2n) is 4.49. The van der Waals surface area contributed by atoms with E-state index in [-0.39, 0.29) is 12.2 Å². The number of aromatic nitrogens is 4. The van der Waals surface area contributed by atoms with Crippen molar-refractivity contribution in [1.82, 2.24) is 20.2 Å². The SMILES string of the molecule is C[C@@H]1CN(c2ncnc3[nH]ncc23)C[C@@H](C)O1. The molecule has 0 bridgehead atoms. The molecule has 1 fully saturated rings. The van der Waals surface area contributed by atoms with Crippen LogP contribution in [0.15, 0.2) is 12.5 Å². The largest absolute Gasteiger partial charge is 0.372 e. The molecular weight excluding hydrogens is 218 g/mol. The van der Waals surface area contributed by atoms with Crippen molar-refractivity contribution in [2.45, 2.75) is 26.1 Å². The van der Waals surface area contributed by atoms with Gasteiger partial charge in [0.25, 0.3) is 0 Å².